The molecule has 2 aliphatic rings. The topological polar surface area (TPSA) is 116 Å². The fourth-order valence-electron chi connectivity index (χ4n) is 4.77. The number of thioether (sulfide) groups is 1. The van der Waals surface area contributed by atoms with Gasteiger partial charge in [-0.2, -0.15) is 11.8 Å². The number of aliphatic hydroxyl groups is 1. The van der Waals surface area contributed by atoms with E-state index < -0.39 is 36.2 Å². The molecule has 1 heterocycles. The van der Waals surface area contributed by atoms with Crippen LogP contribution in [-0.4, -0.2) is 76.4 Å². The Morgan fingerprint density at radius 3 is 2.32 bits per heavy atom. The first-order valence-corrected chi connectivity index (χ1v) is 12.6. The molecule has 1 aliphatic heterocycles. The standard InChI is InChI=1S/C25H28N2O6S/c1-34-11-10-21(23(29)27-13-15(28)12-22(27)24(30)31)26-25(32)33-14-20-18-8-4-2-6-16(18)17-7-3-5-9-19(17)20/h2-9,15,20-22,28H,10-14H2,1H3,(H,26,32)(H,30,31)/t15-,21-,22-/m1/s1. The van der Waals surface area contributed by atoms with Crippen molar-refractivity contribution in [3.63, 3.8) is 0 Å². The second kappa shape index (κ2) is 10.5. The van der Waals surface area contributed by atoms with Gasteiger partial charge in [0.2, 0.25) is 5.91 Å². The van der Waals surface area contributed by atoms with Crippen molar-refractivity contribution in [3.8, 4) is 11.1 Å². The zero-order valence-electron chi connectivity index (χ0n) is 18.8. The van der Waals surface area contributed by atoms with Crippen molar-refractivity contribution in [1.29, 1.82) is 0 Å². The van der Waals surface area contributed by atoms with E-state index in [0.717, 1.165) is 27.2 Å². The van der Waals surface area contributed by atoms with Crippen LogP contribution in [-0.2, 0) is 14.3 Å². The van der Waals surface area contributed by atoms with E-state index in [2.05, 4.69) is 17.4 Å². The van der Waals surface area contributed by atoms with Crippen molar-refractivity contribution in [2.75, 3.05) is 25.2 Å². The Hall–Kier alpha value is -3.04. The number of hydrogen-bond acceptors (Lipinski definition) is 6. The van der Waals surface area contributed by atoms with Crippen molar-refractivity contribution in [1.82, 2.24) is 10.2 Å². The van der Waals surface area contributed by atoms with Crippen LogP contribution in [0.15, 0.2) is 48.5 Å². The number of ether oxygens (including phenoxy) is 1. The van der Waals surface area contributed by atoms with Gasteiger partial charge in [-0.3, -0.25) is 4.79 Å². The Bertz CT molecular complexity index is 1030. The molecule has 3 N–H and O–H groups in total. The highest BCUT2D eigenvalue weighted by Crippen LogP contribution is 2.44. The van der Waals surface area contributed by atoms with Gasteiger partial charge in [-0.1, -0.05) is 48.5 Å². The maximum atomic E-state index is 13.1. The SMILES string of the molecule is CSCC[C@@H](NC(=O)OCC1c2ccccc2-c2ccccc21)C(=O)N1C[C@H](O)C[C@@H]1C(=O)O. The van der Waals surface area contributed by atoms with E-state index in [-0.39, 0.29) is 25.5 Å². The fourth-order valence-corrected chi connectivity index (χ4v) is 5.24. The van der Waals surface area contributed by atoms with Crippen LogP contribution in [0.2, 0.25) is 0 Å². The summed E-state index contributed by atoms with van der Waals surface area (Å²) in [5.41, 5.74) is 4.41. The van der Waals surface area contributed by atoms with E-state index in [1.807, 2.05) is 42.7 Å². The normalized spacial score (nSPS) is 19.9. The molecule has 0 spiro atoms. The molecule has 0 bridgehead atoms. The number of aliphatic hydroxyl groups excluding tert-OH is 1. The van der Waals surface area contributed by atoms with Crippen LogP contribution >= 0.6 is 11.8 Å². The smallest absolute Gasteiger partial charge is 0.407 e. The molecule has 0 radical (unpaired) electrons. The van der Waals surface area contributed by atoms with E-state index in [4.69, 9.17) is 4.74 Å². The Kier molecular flexibility index (Phi) is 7.43. The molecule has 1 saturated heterocycles. The predicted octanol–water partition coefficient (Wildman–Crippen LogP) is 2.69. The molecule has 180 valence electrons. The van der Waals surface area contributed by atoms with E-state index >= 15 is 0 Å². The van der Waals surface area contributed by atoms with Gasteiger partial charge in [0, 0.05) is 18.9 Å². The first kappa shape index (κ1) is 24.1. The number of β-amino-alcohol motifs (C(OH)–C–C–N with tert-alkyl or cyclic N) is 1. The van der Waals surface area contributed by atoms with E-state index in [0.29, 0.717) is 12.2 Å². The number of amides is 2. The van der Waals surface area contributed by atoms with Gasteiger partial charge in [0.25, 0.3) is 0 Å². The number of benzene rings is 2. The number of carboxylic acids is 1. The third kappa shape index (κ3) is 4.90. The number of fused-ring (bicyclic) bond motifs is 3. The summed E-state index contributed by atoms with van der Waals surface area (Å²) in [6.07, 6.45) is 0.549. The highest BCUT2D eigenvalue weighted by Gasteiger charge is 2.41. The van der Waals surface area contributed by atoms with Gasteiger partial charge < -0.3 is 25.2 Å². The summed E-state index contributed by atoms with van der Waals surface area (Å²) >= 11 is 1.51. The lowest BCUT2D eigenvalue weighted by Gasteiger charge is -2.27. The van der Waals surface area contributed by atoms with Crippen molar-refractivity contribution >= 4 is 29.7 Å². The average molecular weight is 485 g/mol. The molecule has 2 aromatic carbocycles. The van der Waals surface area contributed by atoms with Gasteiger partial charge in [-0.15, -0.1) is 0 Å². The summed E-state index contributed by atoms with van der Waals surface area (Å²) in [5, 5.41) is 22.0. The lowest BCUT2D eigenvalue weighted by molar-refractivity contribution is -0.149. The molecule has 0 saturated carbocycles. The summed E-state index contributed by atoms with van der Waals surface area (Å²) in [6, 6.07) is 14.0. The molecule has 0 unspecified atom stereocenters. The second-order valence-corrected chi connectivity index (χ2v) is 9.52. The number of alkyl carbamates (subject to hydrolysis) is 1. The van der Waals surface area contributed by atoms with Crippen molar-refractivity contribution < 1.29 is 29.3 Å². The molecule has 1 aliphatic carbocycles. The third-order valence-corrected chi connectivity index (χ3v) is 7.04. The first-order valence-electron chi connectivity index (χ1n) is 11.2. The van der Waals surface area contributed by atoms with Crippen LogP contribution < -0.4 is 5.32 Å². The summed E-state index contributed by atoms with van der Waals surface area (Å²) in [7, 11) is 0. The van der Waals surface area contributed by atoms with Crippen LogP contribution in [0.1, 0.15) is 29.9 Å². The fraction of sp³-hybridized carbons (Fsp3) is 0.400. The summed E-state index contributed by atoms with van der Waals surface area (Å²) in [6.45, 7) is 0.0431. The Balaban J connectivity index is 1.44. The Morgan fingerprint density at radius 2 is 1.74 bits per heavy atom. The lowest BCUT2D eigenvalue weighted by Crippen LogP contribution is -2.52. The Labute approximate surface area is 202 Å². The summed E-state index contributed by atoms with van der Waals surface area (Å²) < 4.78 is 5.57. The van der Waals surface area contributed by atoms with Gasteiger partial charge in [0.05, 0.1) is 6.10 Å². The zero-order valence-corrected chi connectivity index (χ0v) is 19.7. The number of carbonyl (C=O) groups excluding carboxylic acids is 2. The second-order valence-electron chi connectivity index (χ2n) is 8.54. The quantitative estimate of drug-likeness (QED) is 0.528. The summed E-state index contributed by atoms with van der Waals surface area (Å²) in [4.78, 5) is 38.5. The largest absolute Gasteiger partial charge is 0.480 e. The molecule has 9 heteroatoms. The number of nitrogens with zero attached hydrogens (tertiary/aromatic N) is 1. The monoisotopic (exact) mass is 484 g/mol. The third-order valence-electron chi connectivity index (χ3n) is 6.39. The molecular formula is C25H28N2O6S. The number of aliphatic carboxylic acids is 1. The zero-order chi connectivity index (χ0) is 24.2. The Morgan fingerprint density at radius 1 is 1.12 bits per heavy atom. The highest BCUT2D eigenvalue weighted by molar-refractivity contribution is 7.98. The molecule has 4 rings (SSSR count). The molecular weight excluding hydrogens is 456 g/mol. The number of likely N-dealkylation sites (tertiary alicyclic amines) is 1. The summed E-state index contributed by atoms with van der Waals surface area (Å²) in [5.74, 6) is -1.21. The molecule has 8 nitrogen and oxygen atoms in total. The minimum absolute atomic E-state index is 0.0265. The number of carbonyl (C=O) groups is 3. The maximum Gasteiger partial charge on any atom is 0.407 e. The van der Waals surface area contributed by atoms with Crippen molar-refractivity contribution in [2.24, 2.45) is 0 Å². The first-order chi connectivity index (χ1) is 16.4. The van der Waals surface area contributed by atoms with Crippen molar-refractivity contribution in [2.45, 2.75) is 36.9 Å². The minimum Gasteiger partial charge on any atom is -0.480 e. The van der Waals surface area contributed by atoms with Crippen LogP contribution in [0.4, 0.5) is 4.79 Å². The maximum absolute atomic E-state index is 13.1. The lowest BCUT2D eigenvalue weighted by atomic mass is 9.98. The van der Waals surface area contributed by atoms with Gasteiger partial charge in [-0.05, 0) is 40.7 Å². The predicted molar refractivity (Wildman–Crippen MR) is 129 cm³/mol. The number of nitrogens with one attached hydrogen (secondary N) is 1. The van der Waals surface area contributed by atoms with Gasteiger partial charge in [0.15, 0.2) is 0 Å². The highest BCUT2D eigenvalue weighted by atomic mass is 32.2. The molecule has 1 fully saturated rings. The minimum atomic E-state index is -1.17. The molecule has 0 aromatic heterocycles. The van der Waals surface area contributed by atoms with Gasteiger partial charge in [0.1, 0.15) is 18.7 Å². The number of rotatable bonds is 8. The van der Waals surface area contributed by atoms with E-state index in [1.165, 1.54) is 11.8 Å². The number of carboxylic acid groups (broad SMARTS) is 1. The van der Waals surface area contributed by atoms with Gasteiger partial charge >= 0.3 is 12.1 Å². The van der Waals surface area contributed by atoms with Crippen LogP contribution in [0.3, 0.4) is 0 Å². The van der Waals surface area contributed by atoms with Crippen LogP contribution in [0, 0.1) is 0 Å². The van der Waals surface area contributed by atoms with E-state index in [1.54, 1.807) is 0 Å². The van der Waals surface area contributed by atoms with Crippen molar-refractivity contribution in [3.05, 3.63) is 59.7 Å². The molecule has 34 heavy (non-hydrogen) atoms. The van der Waals surface area contributed by atoms with Crippen LogP contribution in [0.5, 0.6) is 0 Å². The van der Waals surface area contributed by atoms with Gasteiger partial charge in [-0.25, -0.2) is 9.59 Å². The van der Waals surface area contributed by atoms with Crippen LogP contribution in [0.25, 0.3) is 11.1 Å². The molecule has 2 amide bonds. The molecule has 3 atom stereocenters. The average Bonchev–Trinajstić information content (AvgIpc) is 3.38. The number of hydrogen-bond donors (Lipinski definition) is 3. The van der Waals surface area contributed by atoms with E-state index in [9.17, 15) is 24.6 Å². The molecule has 2 aromatic rings.